The Labute approximate surface area is 94.6 Å². The first-order valence-electron chi connectivity index (χ1n) is 4.83. The number of anilines is 1. The van der Waals surface area contributed by atoms with Crippen LogP contribution in [0.4, 0.5) is 15.3 Å². The van der Waals surface area contributed by atoms with Crippen LogP contribution in [-0.4, -0.2) is 43.0 Å². The van der Waals surface area contributed by atoms with Crippen molar-refractivity contribution in [2.24, 2.45) is 0 Å². The molecule has 1 aromatic carbocycles. The molecule has 5 nitrogen and oxygen atoms in total. The van der Waals surface area contributed by atoms with Crippen molar-refractivity contribution < 1.29 is 9.59 Å². The minimum atomic E-state index is -0.454. The lowest BCUT2D eigenvalue weighted by molar-refractivity contribution is 0.182. The predicted molar refractivity (Wildman–Crippen MR) is 62.3 cm³/mol. The summed E-state index contributed by atoms with van der Waals surface area (Å²) in [5.41, 5.74) is 0.658. The third-order valence-electron chi connectivity index (χ3n) is 2.00. The highest BCUT2D eigenvalue weighted by molar-refractivity contribution is 6.00. The zero-order valence-corrected chi connectivity index (χ0v) is 9.60. The van der Waals surface area contributed by atoms with E-state index in [1.165, 1.54) is 11.9 Å². The van der Waals surface area contributed by atoms with E-state index in [1.807, 2.05) is 18.2 Å². The fraction of sp³-hybridized carbons (Fsp3) is 0.273. The molecule has 0 saturated carbocycles. The first-order chi connectivity index (χ1) is 7.52. The van der Waals surface area contributed by atoms with Crippen molar-refractivity contribution in [3.8, 4) is 0 Å². The van der Waals surface area contributed by atoms with Gasteiger partial charge in [0.1, 0.15) is 0 Å². The first-order valence-corrected chi connectivity index (χ1v) is 4.83. The van der Waals surface area contributed by atoms with E-state index in [0.29, 0.717) is 5.69 Å². The van der Waals surface area contributed by atoms with Crippen molar-refractivity contribution in [3.05, 3.63) is 30.3 Å². The summed E-state index contributed by atoms with van der Waals surface area (Å²) >= 11 is 0. The Morgan fingerprint density at radius 3 is 2.12 bits per heavy atom. The Kier molecular flexibility index (Phi) is 3.88. The van der Waals surface area contributed by atoms with Gasteiger partial charge in [-0.25, -0.2) is 14.5 Å². The van der Waals surface area contributed by atoms with Crippen LogP contribution in [0.3, 0.4) is 0 Å². The van der Waals surface area contributed by atoms with Gasteiger partial charge in [-0.3, -0.25) is 0 Å². The minimum Gasteiger partial charge on any atom is -0.330 e. The van der Waals surface area contributed by atoms with Crippen molar-refractivity contribution in [1.82, 2.24) is 9.80 Å². The lowest BCUT2D eigenvalue weighted by atomic mass is 10.3. The molecule has 86 valence electrons. The summed E-state index contributed by atoms with van der Waals surface area (Å²) in [6.07, 6.45) is 0. The van der Waals surface area contributed by atoms with Crippen LogP contribution in [0.15, 0.2) is 30.3 Å². The molecule has 4 amide bonds. The van der Waals surface area contributed by atoms with Crippen LogP contribution in [0.25, 0.3) is 0 Å². The van der Waals surface area contributed by atoms with Crippen LogP contribution >= 0.6 is 0 Å². The maximum Gasteiger partial charge on any atom is 0.329 e. The fourth-order valence-electron chi connectivity index (χ4n) is 1.12. The molecule has 5 heteroatoms. The van der Waals surface area contributed by atoms with Crippen molar-refractivity contribution in [2.75, 3.05) is 26.5 Å². The molecule has 1 N–H and O–H groups in total. The van der Waals surface area contributed by atoms with Gasteiger partial charge >= 0.3 is 12.1 Å². The molecule has 0 bridgehead atoms. The molecule has 0 radical (unpaired) electrons. The summed E-state index contributed by atoms with van der Waals surface area (Å²) in [6, 6.07) is 8.16. The van der Waals surface area contributed by atoms with Crippen molar-refractivity contribution in [1.29, 1.82) is 0 Å². The summed E-state index contributed by atoms with van der Waals surface area (Å²) in [4.78, 5) is 25.4. The lowest BCUT2D eigenvalue weighted by Crippen LogP contribution is -2.42. The third kappa shape index (κ3) is 2.98. The van der Waals surface area contributed by atoms with Gasteiger partial charge in [-0.1, -0.05) is 18.2 Å². The van der Waals surface area contributed by atoms with Crippen molar-refractivity contribution in [2.45, 2.75) is 0 Å². The Bertz CT molecular complexity index is 376. The van der Waals surface area contributed by atoms with E-state index in [0.717, 1.165) is 4.90 Å². The number of carbonyl (C=O) groups excluding carboxylic acids is 2. The maximum absolute atomic E-state index is 11.6. The summed E-state index contributed by atoms with van der Waals surface area (Å²) in [5, 5.41) is 2.62. The van der Waals surface area contributed by atoms with Crippen LogP contribution in [0.5, 0.6) is 0 Å². The molecule has 0 heterocycles. The number of hydrogen-bond donors (Lipinski definition) is 1. The zero-order chi connectivity index (χ0) is 12.1. The largest absolute Gasteiger partial charge is 0.330 e. The fourth-order valence-corrected chi connectivity index (χ4v) is 1.12. The van der Waals surface area contributed by atoms with E-state index < -0.39 is 6.03 Å². The first kappa shape index (κ1) is 12.0. The molecule has 0 fully saturated rings. The minimum absolute atomic E-state index is 0.367. The molecule has 0 spiro atoms. The van der Waals surface area contributed by atoms with Crippen LogP contribution in [0.1, 0.15) is 0 Å². The van der Waals surface area contributed by atoms with Gasteiger partial charge in [0.2, 0.25) is 0 Å². The quantitative estimate of drug-likeness (QED) is 0.786. The van der Waals surface area contributed by atoms with E-state index in [9.17, 15) is 9.59 Å². The molecule has 0 aromatic heterocycles. The molecule has 0 aliphatic carbocycles. The standard InChI is InChI=1S/C11H15N3O2/c1-13(2)11(16)14(3)10(15)12-9-7-5-4-6-8-9/h4-8H,1-3H3,(H,12,15). The molecule has 0 atom stereocenters. The summed E-state index contributed by atoms with van der Waals surface area (Å²) in [7, 11) is 4.61. The Balaban J connectivity index is 2.63. The SMILES string of the molecule is CN(C)C(=O)N(C)C(=O)Nc1ccccc1. The average Bonchev–Trinajstić information content (AvgIpc) is 2.28. The number of urea groups is 2. The number of hydrogen-bond acceptors (Lipinski definition) is 2. The van der Waals surface area contributed by atoms with Gasteiger partial charge in [0, 0.05) is 26.8 Å². The monoisotopic (exact) mass is 221 g/mol. The smallest absolute Gasteiger partial charge is 0.329 e. The maximum atomic E-state index is 11.6. The third-order valence-corrected chi connectivity index (χ3v) is 2.00. The molecule has 0 aliphatic rings. The summed E-state index contributed by atoms with van der Waals surface area (Å²) in [5.74, 6) is 0. The molecular formula is C11H15N3O2. The van der Waals surface area contributed by atoms with E-state index in [2.05, 4.69) is 5.32 Å². The lowest BCUT2D eigenvalue weighted by Gasteiger charge is -2.20. The Morgan fingerprint density at radius 2 is 1.62 bits per heavy atom. The number of nitrogens with zero attached hydrogens (tertiary/aromatic N) is 2. The second-order valence-corrected chi connectivity index (χ2v) is 3.53. The molecule has 1 rings (SSSR count). The molecule has 0 unspecified atom stereocenters. The Hall–Kier alpha value is -2.04. The molecular weight excluding hydrogens is 206 g/mol. The number of amides is 4. The van der Waals surface area contributed by atoms with E-state index in [4.69, 9.17) is 0 Å². The highest BCUT2D eigenvalue weighted by Gasteiger charge is 2.17. The van der Waals surface area contributed by atoms with Crippen LogP contribution in [0.2, 0.25) is 0 Å². The molecule has 0 aliphatic heterocycles. The highest BCUT2D eigenvalue weighted by atomic mass is 16.2. The van der Waals surface area contributed by atoms with Crippen LogP contribution in [-0.2, 0) is 0 Å². The zero-order valence-electron chi connectivity index (χ0n) is 9.60. The van der Waals surface area contributed by atoms with Gasteiger partial charge in [-0.15, -0.1) is 0 Å². The average molecular weight is 221 g/mol. The Morgan fingerprint density at radius 1 is 1.06 bits per heavy atom. The van der Waals surface area contributed by atoms with E-state index >= 15 is 0 Å². The van der Waals surface area contributed by atoms with E-state index in [1.54, 1.807) is 26.2 Å². The van der Waals surface area contributed by atoms with Crippen molar-refractivity contribution in [3.63, 3.8) is 0 Å². The number of para-hydroxylation sites is 1. The number of rotatable bonds is 1. The topological polar surface area (TPSA) is 52.7 Å². The number of imide groups is 1. The second kappa shape index (κ2) is 5.16. The van der Waals surface area contributed by atoms with Crippen LogP contribution < -0.4 is 5.32 Å². The van der Waals surface area contributed by atoms with Gasteiger partial charge in [0.15, 0.2) is 0 Å². The van der Waals surface area contributed by atoms with E-state index in [-0.39, 0.29) is 6.03 Å². The van der Waals surface area contributed by atoms with Gasteiger partial charge in [-0.2, -0.15) is 0 Å². The predicted octanol–water partition coefficient (Wildman–Crippen LogP) is 1.83. The highest BCUT2D eigenvalue weighted by Crippen LogP contribution is 2.06. The van der Waals surface area contributed by atoms with Gasteiger partial charge in [0.05, 0.1) is 0 Å². The molecule has 16 heavy (non-hydrogen) atoms. The van der Waals surface area contributed by atoms with Gasteiger partial charge < -0.3 is 10.2 Å². The number of carbonyl (C=O) groups is 2. The summed E-state index contributed by atoms with van der Waals surface area (Å²) < 4.78 is 0. The molecule has 1 aromatic rings. The number of nitrogens with one attached hydrogen (secondary N) is 1. The van der Waals surface area contributed by atoms with Crippen molar-refractivity contribution >= 4 is 17.7 Å². The molecule has 0 saturated heterocycles. The number of benzene rings is 1. The van der Waals surface area contributed by atoms with Crippen LogP contribution in [0, 0.1) is 0 Å². The second-order valence-electron chi connectivity index (χ2n) is 3.53. The van der Waals surface area contributed by atoms with Gasteiger partial charge in [-0.05, 0) is 12.1 Å². The van der Waals surface area contributed by atoms with Gasteiger partial charge in [0.25, 0.3) is 0 Å². The normalized spacial score (nSPS) is 9.44. The summed E-state index contributed by atoms with van der Waals surface area (Å²) in [6.45, 7) is 0.